The van der Waals surface area contributed by atoms with Gasteiger partial charge in [0.05, 0.1) is 17.4 Å². The second kappa shape index (κ2) is 5.85. The Balaban J connectivity index is 2.21. The summed E-state index contributed by atoms with van der Waals surface area (Å²) in [5.41, 5.74) is 0.592. The van der Waals surface area contributed by atoms with Crippen LogP contribution in [0.15, 0.2) is 24.3 Å². The van der Waals surface area contributed by atoms with Crippen molar-refractivity contribution >= 4 is 17.5 Å². The van der Waals surface area contributed by atoms with Crippen molar-refractivity contribution in [1.82, 2.24) is 4.90 Å². The Morgan fingerprint density at radius 3 is 2.75 bits per heavy atom. The molecule has 20 heavy (non-hydrogen) atoms. The Hall–Kier alpha value is -1.53. The van der Waals surface area contributed by atoms with E-state index in [9.17, 15) is 4.79 Å². The van der Waals surface area contributed by atoms with Gasteiger partial charge in [0.2, 0.25) is 5.91 Å². The molecule has 1 aliphatic carbocycles. The van der Waals surface area contributed by atoms with Crippen molar-refractivity contribution in [2.45, 2.75) is 32.1 Å². The summed E-state index contributed by atoms with van der Waals surface area (Å²) in [6, 6.07) is 9.75. The highest BCUT2D eigenvalue weighted by atomic mass is 35.5. The van der Waals surface area contributed by atoms with E-state index in [1.165, 1.54) is 0 Å². The number of hydrogen-bond acceptors (Lipinski definition) is 2. The number of carbonyl (C=O) groups excluding carboxylic acids is 1. The van der Waals surface area contributed by atoms with E-state index in [-0.39, 0.29) is 11.8 Å². The minimum absolute atomic E-state index is 0.129. The molecular formula is C16H19ClN2O. The molecule has 1 saturated carbocycles. The number of nitrogens with zero attached hydrogens (tertiary/aromatic N) is 2. The van der Waals surface area contributed by atoms with Gasteiger partial charge in [0.25, 0.3) is 0 Å². The van der Waals surface area contributed by atoms with E-state index in [1.807, 2.05) is 38.1 Å². The van der Waals surface area contributed by atoms with E-state index in [0.717, 1.165) is 18.4 Å². The van der Waals surface area contributed by atoms with Crippen LogP contribution in [0.1, 0.15) is 32.3 Å². The first kappa shape index (κ1) is 14.9. The molecule has 1 aliphatic rings. The van der Waals surface area contributed by atoms with Crippen LogP contribution >= 0.6 is 11.6 Å². The topological polar surface area (TPSA) is 44.1 Å². The van der Waals surface area contributed by atoms with Gasteiger partial charge in [-0.1, -0.05) is 23.7 Å². The highest BCUT2D eigenvalue weighted by Crippen LogP contribution is 2.50. The van der Waals surface area contributed by atoms with Crippen molar-refractivity contribution in [2.24, 2.45) is 5.92 Å². The van der Waals surface area contributed by atoms with Gasteiger partial charge in [-0.05, 0) is 44.4 Å². The first-order valence-electron chi connectivity index (χ1n) is 6.98. The lowest BCUT2D eigenvalue weighted by atomic mass is 9.94. The summed E-state index contributed by atoms with van der Waals surface area (Å²) in [6.45, 7) is 4.92. The van der Waals surface area contributed by atoms with E-state index in [0.29, 0.717) is 18.1 Å². The van der Waals surface area contributed by atoms with Gasteiger partial charge in [-0.3, -0.25) is 4.79 Å². The van der Waals surface area contributed by atoms with Crippen LogP contribution in [0.3, 0.4) is 0 Å². The predicted octanol–water partition coefficient (Wildman–Crippen LogP) is 3.38. The average molecular weight is 291 g/mol. The van der Waals surface area contributed by atoms with Crippen LogP contribution in [0.5, 0.6) is 0 Å². The number of nitriles is 1. The van der Waals surface area contributed by atoms with Crippen LogP contribution in [0.25, 0.3) is 0 Å². The lowest BCUT2D eigenvalue weighted by Crippen LogP contribution is -2.41. The van der Waals surface area contributed by atoms with Gasteiger partial charge in [-0.25, -0.2) is 0 Å². The van der Waals surface area contributed by atoms with Crippen molar-refractivity contribution in [3.8, 4) is 6.07 Å². The van der Waals surface area contributed by atoms with E-state index >= 15 is 0 Å². The number of halogens is 1. The molecule has 1 aromatic carbocycles. The molecule has 1 aromatic rings. The highest BCUT2D eigenvalue weighted by molar-refractivity contribution is 6.30. The molecule has 0 heterocycles. The fourth-order valence-electron chi connectivity index (χ4n) is 2.57. The fraction of sp³-hybridized carbons (Fsp3) is 0.500. The molecule has 0 aromatic heterocycles. The highest BCUT2D eigenvalue weighted by Gasteiger charge is 2.52. The van der Waals surface area contributed by atoms with Gasteiger partial charge in [-0.15, -0.1) is 0 Å². The van der Waals surface area contributed by atoms with Crippen molar-refractivity contribution < 1.29 is 4.79 Å². The zero-order chi connectivity index (χ0) is 14.8. The molecule has 0 radical (unpaired) electrons. The summed E-state index contributed by atoms with van der Waals surface area (Å²) < 4.78 is 0. The van der Waals surface area contributed by atoms with Crippen LogP contribution < -0.4 is 0 Å². The zero-order valence-electron chi connectivity index (χ0n) is 11.9. The molecule has 0 bridgehead atoms. The largest absolute Gasteiger partial charge is 0.341 e. The Morgan fingerprint density at radius 2 is 2.25 bits per heavy atom. The number of likely N-dealkylation sites (N-methyl/N-ethyl adjacent to an activating group) is 1. The summed E-state index contributed by atoms with van der Waals surface area (Å²) in [4.78, 5) is 14.6. The summed E-state index contributed by atoms with van der Waals surface area (Å²) in [6.07, 6.45) is 1.73. The molecule has 0 unspecified atom stereocenters. The van der Waals surface area contributed by atoms with Gasteiger partial charge in [0, 0.05) is 18.1 Å². The maximum absolute atomic E-state index is 12.8. The maximum atomic E-state index is 12.8. The Kier molecular flexibility index (Phi) is 4.35. The predicted molar refractivity (Wildman–Crippen MR) is 79.4 cm³/mol. The number of carbonyl (C=O) groups is 1. The number of benzene rings is 1. The normalized spacial score (nSPS) is 17.1. The second-order valence-corrected chi connectivity index (χ2v) is 5.90. The number of rotatable bonds is 5. The quantitative estimate of drug-likeness (QED) is 0.834. The summed E-state index contributed by atoms with van der Waals surface area (Å²) in [7, 11) is 0. The molecule has 1 fully saturated rings. The maximum Gasteiger partial charge on any atom is 0.233 e. The molecule has 1 atom stereocenters. The summed E-state index contributed by atoms with van der Waals surface area (Å²) in [5, 5.41) is 9.59. The van der Waals surface area contributed by atoms with E-state index in [2.05, 4.69) is 6.07 Å². The van der Waals surface area contributed by atoms with Crippen LogP contribution in [0.2, 0.25) is 5.02 Å². The molecule has 4 heteroatoms. The Labute approximate surface area is 125 Å². The van der Waals surface area contributed by atoms with Gasteiger partial charge in [-0.2, -0.15) is 5.26 Å². The minimum Gasteiger partial charge on any atom is -0.341 e. The fourth-order valence-corrected chi connectivity index (χ4v) is 2.76. The van der Waals surface area contributed by atoms with Crippen LogP contribution in [-0.2, 0) is 10.2 Å². The molecule has 0 saturated heterocycles. The van der Waals surface area contributed by atoms with Crippen LogP contribution in [0.4, 0.5) is 0 Å². The lowest BCUT2D eigenvalue weighted by Gasteiger charge is -2.27. The first-order chi connectivity index (χ1) is 9.53. The van der Waals surface area contributed by atoms with Crippen molar-refractivity contribution in [2.75, 3.05) is 13.1 Å². The zero-order valence-corrected chi connectivity index (χ0v) is 12.7. The van der Waals surface area contributed by atoms with E-state index in [1.54, 1.807) is 4.90 Å². The third-order valence-corrected chi connectivity index (χ3v) is 4.16. The third kappa shape index (κ3) is 2.81. The van der Waals surface area contributed by atoms with Gasteiger partial charge in [0.1, 0.15) is 0 Å². The van der Waals surface area contributed by atoms with Crippen LogP contribution in [-0.4, -0.2) is 23.9 Å². The smallest absolute Gasteiger partial charge is 0.233 e. The Bertz CT molecular complexity index is 546. The van der Waals surface area contributed by atoms with E-state index < -0.39 is 5.41 Å². The van der Waals surface area contributed by atoms with Gasteiger partial charge < -0.3 is 4.90 Å². The van der Waals surface area contributed by atoms with Crippen molar-refractivity contribution in [3.05, 3.63) is 34.9 Å². The molecule has 0 N–H and O–H groups in total. The molecule has 3 nitrogen and oxygen atoms in total. The first-order valence-corrected chi connectivity index (χ1v) is 7.36. The molecule has 0 spiro atoms. The Morgan fingerprint density at radius 1 is 1.55 bits per heavy atom. The summed E-state index contributed by atoms with van der Waals surface area (Å²) >= 11 is 6.04. The standard InChI is InChI=1S/C16H19ClN2O/c1-3-19(11-12(2)10-18)15(20)16(7-8-16)13-5-4-6-14(17)9-13/h4-6,9,12H,3,7-8,11H2,1-2H3/t12-/m0/s1. The third-order valence-electron chi connectivity index (χ3n) is 3.92. The SMILES string of the molecule is CCN(C[C@@H](C)C#N)C(=O)C1(c2cccc(Cl)c2)CC1. The average Bonchev–Trinajstić information content (AvgIpc) is 3.25. The lowest BCUT2D eigenvalue weighted by molar-refractivity contribution is -0.134. The van der Waals surface area contributed by atoms with E-state index in [4.69, 9.17) is 16.9 Å². The minimum atomic E-state index is -0.407. The second-order valence-electron chi connectivity index (χ2n) is 5.47. The van der Waals surface area contributed by atoms with Crippen molar-refractivity contribution in [1.29, 1.82) is 5.26 Å². The number of amides is 1. The molecule has 2 rings (SSSR count). The molecule has 1 amide bonds. The molecule has 106 valence electrons. The van der Waals surface area contributed by atoms with Gasteiger partial charge in [0.15, 0.2) is 0 Å². The van der Waals surface area contributed by atoms with Crippen LogP contribution in [0, 0.1) is 17.2 Å². The molecule has 0 aliphatic heterocycles. The van der Waals surface area contributed by atoms with Crippen molar-refractivity contribution in [3.63, 3.8) is 0 Å². The summed E-state index contributed by atoms with van der Waals surface area (Å²) in [5.74, 6) is -0.0153. The van der Waals surface area contributed by atoms with Gasteiger partial charge >= 0.3 is 0 Å². The monoisotopic (exact) mass is 290 g/mol. The molecular weight excluding hydrogens is 272 g/mol. The number of hydrogen-bond donors (Lipinski definition) is 0.